The predicted molar refractivity (Wildman–Crippen MR) is 264 cm³/mol. The summed E-state index contributed by atoms with van der Waals surface area (Å²) in [6.45, 7) is 4.89. The van der Waals surface area contributed by atoms with Crippen LogP contribution in [0, 0.1) is 0 Å². The molecule has 0 bridgehead atoms. The average molecular weight is 860 g/mol. The SMILES string of the molecule is CCCC/C=C\CCCCCCCC(=O)OCCCCCCCCCCCCCC/C=C\CCCCCCCCCC(=O)NC(CO)C(O)CCCCCCCCCCCC. The second kappa shape index (κ2) is 51.0. The molecule has 2 atom stereocenters. The van der Waals surface area contributed by atoms with Crippen molar-refractivity contribution >= 4 is 11.9 Å². The van der Waals surface area contributed by atoms with Crippen molar-refractivity contribution in [3.05, 3.63) is 24.3 Å². The molecule has 0 rings (SSSR count). The topological polar surface area (TPSA) is 95.9 Å². The van der Waals surface area contributed by atoms with Crippen LogP contribution >= 0.6 is 0 Å². The summed E-state index contributed by atoms with van der Waals surface area (Å²) in [5.74, 6) is -0.0430. The summed E-state index contributed by atoms with van der Waals surface area (Å²) < 4.78 is 5.45. The lowest BCUT2D eigenvalue weighted by Gasteiger charge is -2.22. The molecule has 6 nitrogen and oxygen atoms in total. The van der Waals surface area contributed by atoms with Crippen molar-refractivity contribution < 1.29 is 24.5 Å². The van der Waals surface area contributed by atoms with Crippen LogP contribution in [0.25, 0.3) is 0 Å². The van der Waals surface area contributed by atoms with Gasteiger partial charge in [-0.1, -0.05) is 231 Å². The van der Waals surface area contributed by atoms with Crippen LogP contribution in [0.5, 0.6) is 0 Å². The van der Waals surface area contributed by atoms with Crippen molar-refractivity contribution in [3.8, 4) is 0 Å². The third-order valence-corrected chi connectivity index (χ3v) is 12.5. The van der Waals surface area contributed by atoms with E-state index in [4.69, 9.17) is 4.74 Å². The van der Waals surface area contributed by atoms with Gasteiger partial charge in [0, 0.05) is 12.8 Å². The number of nitrogens with one attached hydrogen (secondary N) is 1. The van der Waals surface area contributed by atoms with Gasteiger partial charge in [0.15, 0.2) is 0 Å². The van der Waals surface area contributed by atoms with Crippen LogP contribution in [-0.2, 0) is 14.3 Å². The molecule has 0 aliphatic carbocycles. The highest BCUT2D eigenvalue weighted by Gasteiger charge is 2.20. The molecule has 0 aromatic carbocycles. The zero-order chi connectivity index (χ0) is 44.4. The number of carbonyl (C=O) groups is 2. The summed E-state index contributed by atoms with van der Waals surface area (Å²) in [4.78, 5) is 24.4. The van der Waals surface area contributed by atoms with Crippen molar-refractivity contribution in [3.63, 3.8) is 0 Å². The van der Waals surface area contributed by atoms with Gasteiger partial charge in [0.2, 0.25) is 5.91 Å². The Kier molecular flexibility index (Phi) is 49.6. The van der Waals surface area contributed by atoms with E-state index in [-0.39, 0.29) is 18.5 Å². The van der Waals surface area contributed by atoms with Gasteiger partial charge in [0.05, 0.1) is 25.4 Å². The number of aliphatic hydroxyl groups is 2. The second-order valence-corrected chi connectivity index (χ2v) is 18.6. The van der Waals surface area contributed by atoms with Crippen LogP contribution in [0.2, 0.25) is 0 Å². The second-order valence-electron chi connectivity index (χ2n) is 18.6. The number of unbranched alkanes of at least 4 members (excludes halogenated alkanes) is 35. The Labute approximate surface area is 380 Å². The molecule has 1 amide bonds. The van der Waals surface area contributed by atoms with E-state index in [9.17, 15) is 19.8 Å². The van der Waals surface area contributed by atoms with Crippen molar-refractivity contribution in [2.75, 3.05) is 13.2 Å². The molecule has 0 aliphatic heterocycles. The van der Waals surface area contributed by atoms with Crippen molar-refractivity contribution in [1.82, 2.24) is 5.32 Å². The first-order valence-electron chi connectivity index (χ1n) is 27.1. The van der Waals surface area contributed by atoms with Crippen LogP contribution in [-0.4, -0.2) is 47.4 Å². The van der Waals surface area contributed by atoms with Crippen LogP contribution in [0.3, 0.4) is 0 Å². The number of amides is 1. The predicted octanol–water partition coefficient (Wildman–Crippen LogP) is 16.3. The molecule has 0 fully saturated rings. The Bertz CT molecular complexity index is 951. The van der Waals surface area contributed by atoms with Gasteiger partial charge in [-0.2, -0.15) is 0 Å². The summed E-state index contributed by atoms with van der Waals surface area (Å²) in [5.41, 5.74) is 0. The molecule has 0 saturated carbocycles. The van der Waals surface area contributed by atoms with E-state index in [1.54, 1.807) is 0 Å². The van der Waals surface area contributed by atoms with Crippen LogP contribution in [0.1, 0.15) is 290 Å². The lowest BCUT2D eigenvalue weighted by Crippen LogP contribution is -2.45. The first-order chi connectivity index (χ1) is 30.0. The number of rotatable bonds is 50. The highest BCUT2D eigenvalue weighted by molar-refractivity contribution is 5.76. The fourth-order valence-corrected chi connectivity index (χ4v) is 8.26. The number of aliphatic hydroxyl groups excluding tert-OH is 2. The van der Waals surface area contributed by atoms with Crippen LogP contribution < -0.4 is 5.32 Å². The zero-order valence-electron chi connectivity index (χ0n) is 40.9. The maximum absolute atomic E-state index is 12.4. The fourth-order valence-electron chi connectivity index (χ4n) is 8.26. The lowest BCUT2D eigenvalue weighted by atomic mass is 10.0. The Morgan fingerprint density at radius 2 is 0.787 bits per heavy atom. The number of carbonyl (C=O) groups excluding carboxylic acids is 2. The number of hydrogen-bond donors (Lipinski definition) is 3. The van der Waals surface area contributed by atoms with Crippen molar-refractivity contribution in [1.29, 1.82) is 0 Å². The summed E-state index contributed by atoms with van der Waals surface area (Å²) in [6.07, 6.45) is 60.3. The fraction of sp³-hybridized carbons (Fsp3) is 0.891. The van der Waals surface area contributed by atoms with E-state index in [2.05, 4.69) is 43.5 Å². The number of ether oxygens (including phenoxy) is 1. The van der Waals surface area contributed by atoms with Crippen molar-refractivity contribution in [2.24, 2.45) is 0 Å². The highest BCUT2D eigenvalue weighted by atomic mass is 16.5. The molecule has 0 aromatic heterocycles. The molecule has 61 heavy (non-hydrogen) atoms. The molecule has 0 heterocycles. The van der Waals surface area contributed by atoms with Crippen LogP contribution in [0.4, 0.5) is 0 Å². The molecule has 0 radical (unpaired) electrons. The van der Waals surface area contributed by atoms with E-state index < -0.39 is 12.1 Å². The zero-order valence-corrected chi connectivity index (χ0v) is 40.9. The van der Waals surface area contributed by atoms with Gasteiger partial charge in [0.25, 0.3) is 0 Å². The average Bonchev–Trinajstić information content (AvgIpc) is 3.26. The Hall–Kier alpha value is -1.66. The third kappa shape index (κ3) is 47.7. The molecule has 360 valence electrons. The summed E-state index contributed by atoms with van der Waals surface area (Å²) in [7, 11) is 0. The molecule has 0 aromatic rings. The van der Waals surface area contributed by atoms with Gasteiger partial charge >= 0.3 is 5.97 Å². The van der Waals surface area contributed by atoms with E-state index in [0.717, 1.165) is 44.9 Å². The molecule has 6 heteroatoms. The largest absolute Gasteiger partial charge is 0.466 e. The van der Waals surface area contributed by atoms with E-state index in [1.165, 1.54) is 212 Å². The van der Waals surface area contributed by atoms with E-state index in [0.29, 0.717) is 25.9 Å². The molecular formula is C55H105NO5. The number of hydrogen-bond acceptors (Lipinski definition) is 5. The molecule has 0 aliphatic rings. The standard InChI is InChI=1S/C55H105NO5/c1-3-5-7-9-11-13-28-33-37-41-45-49-55(60)61-50-46-42-38-34-30-27-25-23-21-19-17-15-16-18-20-22-24-26-29-32-36-40-44-48-54(59)56-52(51-57)53(58)47-43-39-35-31-14-12-10-8-6-4-2/h9,11,18,20,52-53,57-58H,3-8,10,12-17,19,21-51H2,1-2H3,(H,56,59)/b11-9-,20-18-. The number of allylic oxidation sites excluding steroid dienone is 4. The van der Waals surface area contributed by atoms with Gasteiger partial charge in [-0.05, 0) is 70.6 Å². The summed E-state index contributed by atoms with van der Waals surface area (Å²) in [6, 6.07) is -0.544. The Morgan fingerprint density at radius 3 is 1.21 bits per heavy atom. The van der Waals surface area contributed by atoms with Gasteiger partial charge in [-0.15, -0.1) is 0 Å². The minimum absolute atomic E-state index is 0.0000480. The van der Waals surface area contributed by atoms with E-state index >= 15 is 0 Å². The highest BCUT2D eigenvalue weighted by Crippen LogP contribution is 2.16. The third-order valence-electron chi connectivity index (χ3n) is 12.5. The maximum Gasteiger partial charge on any atom is 0.305 e. The normalized spacial score (nSPS) is 12.8. The smallest absolute Gasteiger partial charge is 0.305 e. The molecule has 0 saturated heterocycles. The van der Waals surface area contributed by atoms with Crippen molar-refractivity contribution in [2.45, 2.75) is 302 Å². The Balaban J connectivity index is 3.40. The molecular weight excluding hydrogens is 755 g/mol. The monoisotopic (exact) mass is 860 g/mol. The summed E-state index contributed by atoms with van der Waals surface area (Å²) in [5, 5.41) is 23.1. The van der Waals surface area contributed by atoms with Gasteiger partial charge in [-0.25, -0.2) is 0 Å². The number of esters is 1. The van der Waals surface area contributed by atoms with Gasteiger partial charge in [0.1, 0.15) is 0 Å². The maximum atomic E-state index is 12.4. The molecule has 3 N–H and O–H groups in total. The first-order valence-corrected chi connectivity index (χ1v) is 27.1. The minimum Gasteiger partial charge on any atom is -0.466 e. The van der Waals surface area contributed by atoms with Crippen LogP contribution in [0.15, 0.2) is 24.3 Å². The quantitative estimate of drug-likeness (QED) is 0.0322. The molecule has 2 unspecified atom stereocenters. The molecule has 0 spiro atoms. The first kappa shape index (κ1) is 59.3. The van der Waals surface area contributed by atoms with Gasteiger partial charge < -0.3 is 20.3 Å². The van der Waals surface area contributed by atoms with E-state index in [1.807, 2.05) is 0 Å². The minimum atomic E-state index is -0.665. The summed E-state index contributed by atoms with van der Waals surface area (Å²) >= 11 is 0. The Morgan fingerprint density at radius 1 is 0.443 bits per heavy atom. The lowest BCUT2D eigenvalue weighted by molar-refractivity contribution is -0.143. The van der Waals surface area contributed by atoms with Gasteiger partial charge in [-0.3, -0.25) is 9.59 Å².